The van der Waals surface area contributed by atoms with Gasteiger partial charge in [-0.1, -0.05) is 31.2 Å². The molecule has 0 fully saturated rings. The molecule has 0 unspecified atom stereocenters. The third kappa shape index (κ3) is 4.30. The Hall–Kier alpha value is -2.70. The molecule has 1 N–H and O–H groups in total. The maximum absolute atomic E-state index is 13.0. The lowest BCUT2D eigenvalue weighted by Crippen LogP contribution is -2.14. The Balaban J connectivity index is 1.44. The van der Waals surface area contributed by atoms with Crippen LogP contribution in [0.15, 0.2) is 48.5 Å². The minimum absolute atomic E-state index is 0.00293. The number of hydrogen-bond donors (Lipinski definition) is 1. The van der Waals surface area contributed by atoms with E-state index in [1.54, 1.807) is 22.7 Å². The Bertz CT molecular complexity index is 1220. The Kier molecular flexibility index (Phi) is 5.98. The van der Waals surface area contributed by atoms with Gasteiger partial charge < -0.3 is 10.1 Å². The molecule has 1 aliphatic rings. The normalized spacial score (nSPS) is 15.5. The molecule has 4 aromatic rings. The number of ether oxygens (including phenoxy) is 1. The van der Waals surface area contributed by atoms with Crippen LogP contribution in [0.25, 0.3) is 20.8 Å². The highest BCUT2D eigenvalue weighted by atomic mass is 32.1. The molecule has 2 aromatic carbocycles. The fraction of sp³-hybridized carbons (Fsp3) is 0.308. The second-order valence-corrected chi connectivity index (χ2v) is 10.5. The molecule has 2 heterocycles. The predicted molar refractivity (Wildman–Crippen MR) is 134 cm³/mol. The molecule has 0 aliphatic heterocycles. The summed E-state index contributed by atoms with van der Waals surface area (Å²) >= 11 is 3.44. The maximum Gasteiger partial charge on any atom is 0.229 e. The van der Waals surface area contributed by atoms with Crippen molar-refractivity contribution in [1.82, 2.24) is 4.98 Å². The molecule has 0 bridgehead atoms. The van der Waals surface area contributed by atoms with Crippen molar-refractivity contribution in [2.45, 2.75) is 39.5 Å². The van der Waals surface area contributed by atoms with Gasteiger partial charge in [-0.15, -0.1) is 22.7 Å². The first-order valence-electron chi connectivity index (χ1n) is 11.1. The van der Waals surface area contributed by atoms with E-state index in [4.69, 9.17) is 9.72 Å². The largest absolute Gasteiger partial charge is 0.494 e. The zero-order valence-corrected chi connectivity index (χ0v) is 19.9. The summed E-state index contributed by atoms with van der Waals surface area (Å²) in [5, 5.41) is 5.18. The summed E-state index contributed by atoms with van der Waals surface area (Å²) in [4.78, 5) is 19.3. The number of aromatic nitrogens is 1. The molecule has 4 nitrogen and oxygen atoms in total. The summed E-state index contributed by atoms with van der Waals surface area (Å²) in [6.07, 6.45) is 3.64. The van der Waals surface area contributed by atoms with Gasteiger partial charge in [0.2, 0.25) is 5.91 Å². The first-order chi connectivity index (χ1) is 15.6. The van der Waals surface area contributed by atoms with E-state index < -0.39 is 0 Å². The van der Waals surface area contributed by atoms with Crippen molar-refractivity contribution in [2.75, 3.05) is 11.9 Å². The molecule has 0 radical (unpaired) electrons. The fourth-order valence-corrected chi connectivity index (χ4v) is 6.81. The molecule has 1 amide bonds. The lowest BCUT2D eigenvalue weighted by molar-refractivity contribution is -0.115. The van der Waals surface area contributed by atoms with Crippen LogP contribution in [0.5, 0.6) is 5.75 Å². The van der Waals surface area contributed by atoms with E-state index in [-0.39, 0.29) is 5.91 Å². The van der Waals surface area contributed by atoms with Gasteiger partial charge in [0.15, 0.2) is 0 Å². The Labute approximate surface area is 196 Å². The number of anilines is 1. The number of thiophene rings is 1. The van der Waals surface area contributed by atoms with E-state index in [0.717, 1.165) is 45.2 Å². The number of thiazole rings is 1. The van der Waals surface area contributed by atoms with Crippen LogP contribution in [-0.2, 0) is 24.1 Å². The first-order valence-corrected chi connectivity index (χ1v) is 12.8. The summed E-state index contributed by atoms with van der Waals surface area (Å²) in [5.41, 5.74) is 4.51. The van der Waals surface area contributed by atoms with Gasteiger partial charge in [0.1, 0.15) is 15.8 Å². The molecule has 32 heavy (non-hydrogen) atoms. The molecule has 1 aliphatic carbocycles. The number of para-hydroxylation sites is 1. The van der Waals surface area contributed by atoms with Crippen LogP contribution >= 0.6 is 22.7 Å². The average molecular weight is 463 g/mol. The number of amides is 1. The summed E-state index contributed by atoms with van der Waals surface area (Å²) in [5.74, 6) is 1.51. The van der Waals surface area contributed by atoms with Gasteiger partial charge in [-0.05, 0) is 67.5 Å². The quantitative estimate of drug-likeness (QED) is 0.346. The minimum Gasteiger partial charge on any atom is -0.494 e. The van der Waals surface area contributed by atoms with Crippen molar-refractivity contribution in [2.24, 2.45) is 5.92 Å². The van der Waals surface area contributed by atoms with E-state index in [2.05, 4.69) is 30.4 Å². The Morgan fingerprint density at radius 3 is 2.75 bits per heavy atom. The highest BCUT2D eigenvalue weighted by Gasteiger charge is 2.27. The lowest BCUT2D eigenvalue weighted by atomic mass is 9.88. The van der Waals surface area contributed by atoms with Crippen LogP contribution in [0.2, 0.25) is 0 Å². The van der Waals surface area contributed by atoms with Crippen molar-refractivity contribution in [3.8, 4) is 16.3 Å². The molecule has 0 saturated heterocycles. The first kappa shape index (κ1) is 21.2. The van der Waals surface area contributed by atoms with Crippen molar-refractivity contribution in [3.05, 3.63) is 64.5 Å². The van der Waals surface area contributed by atoms with Crippen LogP contribution in [0.1, 0.15) is 36.3 Å². The summed E-state index contributed by atoms with van der Waals surface area (Å²) in [6.45, 7) is 4.91. The smallest absolute Gasteiger partial charge is 0.229 e. The lowest BCUT2D eigenvalue weighted by Gasteiger charge is -2.18. The van der Waals surface area contributed by atoms with Crippen LogP contribution in [-0.4, -0.2) is 17.5 Å². The topological polar surface area (TPSA) is 51.2 Å². The third-order valence-electron chi connectivity index (χ3n) is 5.87. The van der Waals surface area contributed by atoms with Gasteiger partial charge in [-0.2, -0.15) is 0 Å². The van der Waals surface area contributed by atoms with E-state index in [9.17, 15) is 4.79 Å². The maximum atomic E-state index is 13.0. The number of hydrogen-bond acceptors (Lipinski definition) is 5. The molecule has 5 rings (SSSR count). The van der Waals surface area contributed by atoms with Gasteiger partial charge >= 0.3 is 0 Å². The number of carbonyl (C=O) groups excluding carboxylic acids is 1. The standard InChI is InChI=1S/C26H26N2O2S2/c1-3-30-18-11-9-17(10-12-18)15-23(29)28-26-24(19-13-8-16(2)14-22(19)32-26)25-27-20-6-4-5-7-21(20)31-25/h4-7,9-12,16H,3,8,13-15H2,1-2H3,(H,28,29)/t16-/m0/s1. The Morgan fingerprint density at radius 2 is 1.97 bits per heavy atom. The number of nitrogens with zero attached hydrogens (tertiary/aromatic N) is 1. The predicted octanol–water partition coefficient (Wildman–Crippen LogP) is 6.73. The second-order valence-electron chi connectivity index (χ2n) is 8.34. The van der Waals surface area contributed by atoms with Crippen molar-refractivity contribution in [1.29, 1.82) is 0 Å². The number of nitrogens with one attached hydrogen (secondary N) is 1. The summed E-state index contributed by atoms with van der Waals surface area (Å²) in [6, 6.07) is 16.0. The van der Waals surface area contributed by atoms with Gasteiger partial charge in [-0.3, -0.25) is 4.79 Å². The number of fused-ring (bicyclic) bond motifs is 2. The monoisotopic (exact) mass is 462 g/mol. The zero-order valence-electron chi connectivity index (χ0n) is 18.3. The van der Waals surface area contributed by atoms with Gasteiger partial charge in [0.05, 0.1) is 23.2 Å². The molecule has 2 aromatic heterocycles. The van der Waals surface area contributed by atoms with Gasteiger partial charge in [-0.25, -0.2) is 4.98 Å². The highest BCUT2D eigenvalue weighted by Crippen LogP contribution is 2.47. The molecular weight excluding hydrogens is 436 g/mol. The number of carbonyl (C=O) groups is 1. The molecule has 0 spiro atoms. The van der Waals surface area contributed by atoms with Crippen LogP contribution in [0.3, 0.4) is 0 Å². The third-order valence-corrected chi connectivity index (χ3v) is 8.10. The van der Waals surface area contributed by atoms with Gasteiger partial charge in [0.25, 0.3) is 0 Å². The van der Waals surface area contributed by atoms with Gasteiger partial charge in [0, 0.05) is 10.4 Å². The molecule has 1 atom stereocenters. The Morgan fingerprint density at radius 1 is 1.16 bits per heavy atom. The summed E-state index contributed by atoms with van der Waals surface area (Å²) < 4.78 is 6.68. The van der Waals surface area contributed by atoms with E-state index in [1.165, 1.54) is 21.6 Å². The zero-order chi connectivity index (χ0) is 22.1. The van der Waals surface area contributed by atoms with E-state index in [0.29, 0.717) is 18.9 Å². The van der Waals surface area contributed by atoms with Crippen LogP contribution in [0, 0.1) is 5.92 Å². The molecule has 6 heteroatoms. The van der Waals surface area contributed by atoms with E-state index in [1.807, 2.05) is 37.3 Å². The number of rotatable bonds is 6. The number of benzene rings is 2. The fourth-order valence-electron chi connectivity index (χ4n) is 4.27. The second kappa shape index (κ2) is 9.04. The minimum atomic E-state index is 0.00293. The van der Waals surface area contributed by atoms with Crippen molar-refractivity contribution >= 4 is 43.8 Å². The van der Waals surface area contributed by atoms with Crippen LogP contribution in [0.4, 0.5) is 5.00 Å². The molecular formula is C26H26N2O2S2. The van der Waals surface area contributed by atoms with E-state index >= 15 is 0 Å². The SMILES string of the molecule is CCOc1ccc(CC(=O)Nc2sc3c(c2-c2nc4ccccc4s2)CC[C@H](C)C3)cc1. The van der Waals surface area contributed by atoms with Crippen molar-refractivity contribution in [3.63, 3.8) is 0 Å². The molecule has 164 valence electrons. The average Bonchev–Trinajstić information content (AvgIpc) is 3.35. The van der Waals surface area contributed by atoms with Crippen molar-refractivity contribution < 1.29 is 9.53 Å². The summed E-state index contributed by atoms with van der Waals surface area (Å²) in [7, 11) is 0. The highest BCUT2D eigenvalue weighted by molar-refractivity contribution is 7.22. The molecule has 0 saturated carbocycles. The van der Waals surface area contributed by atoms with Crippen LogP contribution < -0.4 is 10.1 Å².